The average Bonchev–Trinajstić information content (AvgIpc) is 3.26. The van der Waals surface area contributed by atoms with Crippen LogP contribution in [0.2, 0.25) is 0 Å². The molecule has 1 aromatic carbocycles. The summed E-state index contributed by atoms with van der Waals surface area (Å²) in [6.45, 7) is 1.16. The molecule has 3 rings (SSSR count). The summed E-state index contributed by atoms with van der Waals surface area (Å²) in [5.74, 6) is 0.397. The zero-order chi connectivity index (χ0) is 19.6. The van der Waals surface area contributed by atoms with Gasteiger partial charge in [0.2, 0.25) is 5.91 Å². The fourth-order valence-corrected chi connectivity index (χ4v) is 4.47. The molecule has 2 fully saturated rings. The monoisotopic (exact) mass is 454 g/mol. The molecule has 0 unspecified atom stereocenters. The van der Waals surface area contributed by atoms with Gasteiger partial charge in [-0.15, -0.1) is 0 Å². The van der Waals surface area contributed by atoms with Crippen LogP contribution >= 0.6 is 27.7 Å². The zero-order valence-electron chi connectivity index (χ0n) is 15.0. The normalized spacial score (nSPS) is 18.6. The largest absolute Gasteiger partial charge is 0.493 e. The maximum Gasteiger partial charge on any atom is 0.294 e. The quantitative estimate of drug-likeness (QED) is 0.636. The summed E-state index contributed by atoms with van der Waals surface area (Å²) in [6, 6.07) is 3.48. The van der Waals surface area contributed by atoms with Crippen molar-refractivity contribution >= 4 is 50.8 Å². The van der Waals surface area contributed by atoms with Crippen molar-refractivity contribution in [1.29, 1.82) is 0 Å². The minimum atomic E-state index is -0.455. The van der Waals surface area contributed by atoms with E-state index in [1.807, 2.05) is 0 Å². The highest BCUT2D eigenvalue weighted by Crippen LogP contribution is 2.38. The summed E-state index contributed by atoms with van der Waals surface area (Å²) in [5, 5.41) is -0.432. The third-order valence-electron chi connectivity index (χ3n) is 4.38. The molecule has 7 nitrogen and oxygen atoms in total. The van der Waals surface area contributed by atoms with Gasteiger partial charge in [-0.1, -0.05) is 0 Å². The van der Waals surface area contributed by atoms with Gasteiger partial charge in [0.15, 0.2) is 11.5 Å². The number of carbonyl (C=O) groups is 3. The molecule has 0 aromatic heterocycles. The maximum absolute atomic E-state index is 12.6. The van der Waals surface area contributed by atoms with E-state index in [-0.39, 0.29) is 17.4 Å². The highest BCUT2D eigenvalue weighted by molar-refractivity contribution is 9.10. The summed E-state index contributed by atoms with van der Waals surface area (Å²) < 4.78 is 11.2. The van der Waals surface area contributed by atoms with Crippen LogP contribution in [0.15, 0.2) is 21.5 Å². The number of benzene rings is 1. The minimum absolute atomic E-state index is 0.190. The molecule has 27 heavy (non-hydrogen) atoms. The number of amides is 3. The van der Waals surface area contributed by atoms with E-state index >= 15 is 0 Å². The molecule has 2 aliphatic heterocycles. The molecule has 144 valence electrons. The molecule has 0 spiro atoms. The number of likely N-dealkylation sites (tertiary alicyclic amines) is 1. The van der Waals surface area contributed by atoms with E-state index in [0.717, 1.165) is 29.5 Å². The maximum atomic E-state index is 12.6. The Morgan fingerprint density at radius 3 is 2.56 bits per heavy atom. The number of rotatable bonds is 5. The Bertz CT molecular complexity index is 820. The van der Waals surface area contributed by atoms with Crippen molar-refractivity contribution in [2.75, 3.05) is 33.9 Å². The van der Waals surface area contributed by atoms with E-state index in [1.54, 1.807) is 23.1 Å². The number of imide groups is 1. The van der Waals surface area contributed by atoms with Gasteiger partial charge in [-0.2, -0.15) is 0 Å². The Morgan fingerprint density at radius 2 is 1.93 bits per heavy atom. The fraction of sp³-hybridized carbons (Fsp3) is 0.389. The number of hydrogen-bond donors (Lipinski definition) is 0. The van der Waals surface area contributed by atoms with E-state index < -0.39 is 11.1 Å². The molecule has 0 N–H and O–H groups in total. The van der Waals surface area contributed by atoms with E-state index in [1.165, 1.54) is 14.2 Å². The highest BCUT2D eigenvalue weighted by Gasteiger charge is 2.37. The average molecular weight is 455 g/mol. The second-order valence-electron chi connectivity index (χ2n) is 6.09. The fourth-order valence-electron chi connectivity index (χ4n) is 3.01. The second kappa shape index (κ2) is 8.35. The number of thioether (sulfide) groups is 1. The van der Waals surface area contributed by atoms with E-state index in [2.05, 4.69) is 15.9 Å². The zero-order valence-corrected chi connectivity index (χ0v) is 17.4. The lowest BCUT2D eigenvalue weighted by molar-refractivity contribution is -0.135. The van der Waals surface area contributed by atoms with E-state index in [0.29, 0.717) is 34.6 Å². The van der Waals surface area contributed by atoms with Crippen LogP contribution in [0.3, 0.4) is 0 Å². The molecule has 2 saturated heterocycles. The number of nitrogens with zero attached hydrogens (tertiary/aromatic N) is 2. The number of methoxy groups -OCH3 is 2. The molecule has 0 radical (unpaired) electrons. The van der Waals surface area contributed by atoms with Crippen LogP contribution in [0.4, 0.5) is 4.79 Å². The Balaban J connectivity index is 1.80. The molecular formula is C18H19BrN2O5S. The lowest BCUT2D eigenvalue weighted by Crippen LogP contribution is -2.40. The Hall–Kier alpha value is -2.00. The van der Waals surface area contributed by atoms with Crippen LogP contribution < -0.4 is 9.47 Å². The van der Waals surface area contributed by atoms with Gasteiger partial charge in [0.1, 0.15) is 6.54 Å². The van der Waals surface area contributed by atoms with Crippen LogP contribution in [0.5, 0.6) is 11.5 Å². The molecule has 0 saturated carbocycles. The Morgan fingerprint density at radius 1 is 1.22 bits per heavy atom. The molecule has 0 bridgehead atoms. The van der Waals surface area contributed by atoms with Gasteiger partial charge in [-0.3, -0.25) is 19.3 Å². The van der Waals surface area contributed by atoms with Crippen molar-refractivity contribution in [2.24, 2.45) is 0 Å². The predicted molar refractivity (Wildman–Crippen MR) is 106 cm³/mol. The number of ether oxygens (including phenoxy) is 2. The van der Waals surface area contributed by atoms with Crippen LogP contribution in [-0.4, -0.2) is 60.7 Å². The number of carbonyl (C=O) groups excluding carboxylic acids is 3. The van der Waals surface area contributed by atoms with Crippen molar-refractivity contribution in [3.63, 3.8) is 0 Å². The van der Waals surface area contributed by atoms with Gasteiger partial charge in [-0.05, 0) is 64.3 Å². The first-order valence-corrected chi connectivity index (χ1v) is 10.00. The SMILES string of the molecule is COc1cc(/C=C2/SC(=O)N(CC(=O)N3CCCC3)C2=O)cc(Br)c1OC. The van der Waals surface area contributed by atoms with Crippen molar-refractivity contribution in [3.8, 4) is 11.5 Å². The molecule has 0 aliphatic carbocycles. The van der Waals surface area contributed by atoms with Crippen molar-refractivity contribution < 1.29 is 23.9 Å². The standard InChI is InChI=1S/C18H19BrN2O5S/c1-25-13-8-11(7-12(19)16(13)26-2)9-14-17(23)21(18(24)27-14)10-15(22)20-5-3-4-6-20/h7-9H,3-6,10H2,1-2H3/b14-9+. The van der Waals surface area contributed by atoms with E-state index in [9.17, 15) is 14.4 Å². The summed E-state index contributed by atoms with van der Waals surface area (Å²) in [6.07, 6.45) is 3.53. The molecule has 2 aliphatic rings. The highest BCUT2D eigenvalue weighted by atomic mass is 79.9. The van der Waals surface area contributed by atoms with Crippen LogP contribution in [0.25, 0.3) is 6.08 Å². The molecular weight excluding hydrogens is 436 g/mol. The van der Waals surface area contributed by atoms with Gasteiger partial charge >= 0.3 is 0 Å². The van der Waals surface area contributed by atoms with Crippen LogP contribution in [-0.2, 0) is 9.59 Å². The van der Waals surface area contributed by atoms with Gasteiger partial charge in [0, 0.05) is 13.1 Å². The first-order valence-electron chi connectivity index (χ1n) is 8.39. The number of halogens is 1. The molecule has 9 heteroatoms. The van der Waals surface area contributed by atoms with Crippen LogP contribution in [0, 0.1) is 0 Å². The third-order valence-corrected chi connectivity index (χ3v) is 5.88. The summed E-state index contributed by atoms with van der Waals surface area (Å²) in [4.78, 5) is 40.1. The van der Waals surface area contributed by atoms with E-state index in [4.69, 9.17) is 9.47 Å². The van der Waals surface area contributed by atoms with Crippen molar-refractivity contribution in [2.45, 2.75) is 12.8 Å². The summed E-state index contributed by atoms with van der Waals surface area (Å²) in [5.41, 5.74) is 0.677. The molecule has 0 atom stereocenters. The van der Waals surface area contributed by atoms with Gasteiger partial charge < -0.3 is 14.4 Å². The topological polar surface area (TPSA) is 76.2 Å². The predicted octanol–water partition coefficient (Wildman–Crippen LogP) is 3.13. The van der Waals surface area contributed by atoms with Gasteiger partial charge in [-0.25, -0.2) is 0 Å². The first kappa shape index (κ1) is 19.8. The van der Waals surface area contributed by atoms with Crippen LogP contribution in [0.1, 0.15) is 18.4 Å². The lowest BCUT2D eigenvalue weighted by atomic mass is 10.2. The third kappa shape index (κ3) is 4.14. The smallest absolute Gasteiger partial charge is 0.294 e. The van der Waals surface area contributed by atoms with Crippen molar-refractivity contribution in [3.05, 3.63) is 27.1 Å². The molecule has 3 amide bonds. The second-order valence-corrected chi connectivity index (χ2v) is 7.94. The summed E-state index contributed by atoms with van der Waals surface area (Å²) in [7, 11) is 3.05. The van der Waals surface area contributed by atoms with Gasteiger partial charge in [0.05, 0.1) is 23.6 Å². The number of hydrogen-bond acceptors (Lipinski definition) is 6. The Kier molecular flexibility index (Phi) is 6.11. The lowest BCUT2D eigenvalue weighted by Gasteiger charge is -2.18. The minimum Gasteiger partial charge on any atom is -0.493 e. The van der Waals surface area contributed by atoms with Gasteiger partial charge in [0.25, 0.3) is 11.1 Å². The molecule has 2 heterocycles. The first-order chi connectivity index (χ1) is 12.9. The molecule has 1 aromatic rings. The summed E-state index contributed by atoms with van der Waals surface area (Å²) >= 11 is 4.23. The van der Waals surface area contributed by atoms with Crippen molar-refractivity contribution in [1.82, 2.24) is 9.80 Å². The Labute approximate surface area is 169 Å².